The van der Waals surface area contributed by atoms with Gasteiger partial charge in [-0.3, -0.25) is 9.59 Å². The van der Waals surface area contributed by atoms with E-state index in [0.717, 1.165) is 48.7 Å². The quantitative estimate of drug-likeness (QED) is 0.160. The molecule has 2 saturated heterocycles. The number of nitrogens with one attached hydrogen (secondary N) is 2. The number of carbonyl (C=O) groups is 2. The smallest absolute Gasteiger partial charge is 0.172 e. The van der Waals surface area contributed by atoms with Gasteiger partial charge in [0.15, 0.2) is 22.9 Å². The first-order valence-corrected chi connectivity index (χ1v) is 19.3. The minimum Gasteiger partial charge on any atom is -0.372 e. The number of aromatic nitrogens is 6. The number of benzene rings is 2. The largest absolute Gasteiger partial charge is 0.372 e. The molecule has 2 aliphatic rings. The molecule has 10 nitrogen and oxygen atoms in total. The summed E-state index contributed by atoms with van der Waals surface area (Å²) < 4.78 is 0.627. The van der Waals surface area contributed by atoms with Gasteiger partial charge in [0.05, 0.1) is 34.9 Å². The fourth-order valence-electron chi connectivity index (χ4n) is 7.02. The third-order valence-electron chi connectivity index (χ3n) is 9.91. The molecule has 0 amide bonds. The minimum atomic E-state index is -0.552. The van der Waals surface area contributed by atoms with Crippen LogP contribution in [0.25, 0.3) is 44.8 Å². The molecule has 0 bridgehead atoms. The van der Waals surface area contributed by atoms with Crippen LogP contribution >= 0.6 is 15.9 Å². The standard InChI is InChI=1S/C31H35N5O.C11H12BrN3O/c1-31(2,3)29(37)26-27(22-11-9-13-24(19-22)36-16-6-7-17-36)34-30-28(26)33-25(20-32-30)21-10-8-12-23(18-21)35-14-4-5-15-35;1-11(2,3)9(16)6-4-13-10-8(6)15-7(12)5-14-10/h8-13,18-20H,4-7,14-17H2,1-3H3,(H,32,34);4-5H,1-3H3,(H,13,14). The molecule has 0 unspecified atom stereocenters. The number of Topliss-reactive ketones (excluding diaryl/α,β-unsaturated/α-hetero) is 2. The molecule has 0 spiro atoms. The second-order valence-corrected chi connectivity index (χ2v) is 16.9. The van der Waals surface area contributed by atoms with Gasteiger partial charge >= 0.3 is 0 Å². The normalized spacial score (nSPS) is 14.9. The van der Waals surface area contributed by atoms with Crippen molar-refractivity contribution in [2.24, 2.45) is 10.8 Å². The molecule has 2 aromatic carbocycles. The molecule has 6 aromatic rings. The second kappa shape index (κ2) is 14.5. The average molecular weight is 776 g/mol. The van der Waals surface area contributed by atoms with Gasteiger partial charge < -0.3 is 19.8 Å². The lowest BCUT2D eigenvalue weighted by atomic mass is 9.85. The Bertz CT molecular complexity index is 2300. The zero-order valence-corrected chi connectivity index (χ0v) is 33.0. The molecule has 2 fully saturated rings. The first-order chi connectivity index (χ1) is 25.3. The third kappa shape index (κ3) is 7.62. The Morgan fingerprint density at radius 2 is 1.26 bits per heavy atom. The molecule has 2 aliphatic heterocycles. The number of carbonyl (C=O) groups excluding carboxylic acids is 2. The van der Waals surface area contributed by atoms with Gasteiger partial charge in [-0.25, -0.2) is 19.9 Å². The van der Waals surface area contributed by atoms with Gasteiger partial charge in [-0.1, -0.05) is 65.8 Å². The molecule has 4 aromatic heterocycles. The van der Waals surface area contributed by atoms with Gasteiger partial charge in [-0.2, -0.15) is 0 Å². The molecular formula is C42H47BrN8O2. The highest BCUT2D eigenvalue weighted by atomic mass is 79.9. The maximum absolute atomic E-state index is 13.8. The van der Waals surface area contributed by atoms with E-state index in [1.165, 1.54) is 37.1 Å². The average Bonchev–Trinajstić information content (AvgIpc) is 3.97. The molecule has 11 heteroatoms. The number of nitrogens with zero attached hydrogens (tertiary/aromatic N) is 6. The van der Waals surface area contributed by atoms with E-state index in [9.17, 15) is 9.59 Å². The molecule has 0 atom stereocenters. The second-order valence-electron chi connectivity index (χ2n) is 16.1. The Balaban J connectivity index is 0.000000227. The number of halogens is 1. The van der Waals surface area contributed by atoms with Gasteiger partial charge in [0.2, 0.25) is 0 Å². The van der Waals surface area contributed by atoms with Crippen LogP contribution in [0.5, 0.6) is 0 Å². The van der Waals surface area contributed by atoms with Gasteiger partial charge in [-0.05, 0) is 65.9 Å². The SMILES string of the molecule is CC(C)(C)C(=O)c1c(-c2cccc(N3CCCC3)c2)[nH]c2ncc(-c3cccc(N4CCCC4)c3)nc12.CC(C)(C)C(=O)c1c[nH]c2ncc(Br)nc12. The van der Waals surface area contributed by atoms with E-state index in [1.807, 2.05) is 47.7 Å². The molecule has 8 rings (SSSR count). The van der Waals surface area contributed by atoms with Gasteiger partial charge in [0, 0.05) is 65.7 Å². The highest BCUT2D eigenvalue weighted by Crippen LogP contribution is 2.37. The Morgan fingerprint density at radius 1 is 0.698 bits per heavy atom. The predicted octanol–water partition coefficient (Wildman–Crippen LogP) is 9.67. The van der Waals surface area contributed by atoms with E-state index >= 15 is 0 Å². The van der Waals surface area contributed by atoms with Crippen molar-refractivity contribution in [2.45, 2.75) is 67.2 Å². The number of anilines is 2. The van der Waals surface area contributed by atoms with Crippen LogP contribution in [0.15, 0.2) is 71.7 Å². The number of ketones is 2. The molecule has 274 valence electrons. The van der Waals surface area contributed by atoms with Crippen LogP contribution in [0, 0.1) is 10.8 Å². The Morgan fingerprint density at radius 3 is 1.87 bits per heavy atom. The summed E-state index contributed by atoms with van der Waals surface area (Å²) in [6.45, 7) is 15.9. The van der Waals surface area contributed by atoms with E-state index in [2.05, 4.69) is 94.2 Å². The number of rotatable bonds is 6. The monoisotopic (exact) mass is 774 g/mol. The maximum Gasteiger partial charge on any atom is 0.172 e. The third-order valence-corrected chi connectivity index (χ3v) is 10.3. The summed E-state index contributed by atoms with van der Waals surface area (Å²) in [5, 5.41) is 0. The number of aromatic amines is 2. The van der Waals surface area contributed by atoms with Crippen molar-refractivity contribution < 1.29 is 9.59 Å². The fourth-order valence-corrected chi connectivity index (χ4v) is 7.30. The minimum absolute atomic E-state index is 0.0613. The molecule has 0 saturated carbocycles. The van der Waals surface area contributed by atoms with Crippen LogP contribution in [0.1, 0.15) is 87.9 Å². The highest BCUT2D eigenvalue weighted by molar-refractivity contribution is 9.10. The van der Waals surface area contributed by atoms with Crippen molar-refractivity contribution in [1.82, 2.24) is 29.9 Å². The van der Waals surface area contributed by atoms with E-state index < -0.39 is 10.8 Å². The summed E-state index contributed by atoms with van der Waals surface area (Å²) in [6, 6.07) is 17.0. The lowest BCUT2D eigenvalue weighted by Crippen LogP contribution is -2.21. The molecule has 0 aliphatic carbocycles. The van der Waals surface area contributed by atoms with Crippen LogP contribution < -0.4 is 9.80 Å². The lowest BCUT2D eigenvalue weighted by molar-refractivity contribution is 0.0854. The van der Waals surface area contributed by atoms with E-state index in [1.54, 1.807) is 12.4 Å². The zero-order valence-electron chi connectivity index (χ0n) is 31.4. The van der Waals surface area contributed by atoms with Gasteiger partial charge in [0.25, 0.3) is 0 Å². The number of H-pyrrole nitrogens is 2. The number of hydrogen-bond acceptors (Lipinski definition) is 8. The highest BCUT2D eigenvalue weighted by Gasteiger charge is 2.31. The van der Waals surface area contributed by atoms with E-state index in [0.29, 0.717) is 38.1 Å². The molecular weight excluding hydrogens is 728 g/mol. The molecule has 6 heterocycles. The van der Waals surface area contributed by atoms with Crippen molar-refractivity contribution in [3.8, 4) is 22.5 Å². The van der Waals surface area contributed by atoms with Crippen molar-refractivity contribution in [3.63, 3.8) is 0 Å². The van der Waals surface area contributed by atoms with Crippen LogP contribution in [0.3, 0.4) is 0 Å². The van der Waals surface area contributed by atoms with E-state index in [-0.39, 0.29) is 11.6 Å². The number of fused-ring (bicyclic) bond motifs is 2. The van der Waals surface area contributed by atoms with Crippen LogP contribution in [0.4, 0.5) is 11.4 Å². The fraction of sp³-hybridized carbons (Fsp3) is 0.381. The van der Waals surface area contributed by atoms with Crippen molar-refractivity contribution in [2.75, 3.05) is 36.0 Å². The van der Waals surface area contributed by atoms with Crippen molar-refractivity contribution in [3.05, 3.63) is 82.9 Å². The molecule has 0 radical (unpaired) electrons. The first-order valence-electron chi connectivity index (χ1n) is 18.5. The Hall–Kier alpha value is -4.90. The van der Waals surface area contributed by atoms with E-state index in [4.69, 9.17) is 9.97 Å². The Labute approximate surface area is 319 Å². The summed E-state index contributed by atoms with van der Waals surface area (Å²) in [7, 11) is 0. The number of hydrogen-bond donors (Lipinski definition) is 2. The zero-order chi connectivity index (χ0) is 37.5. The summed E-state index contributed by atoms with van der Waals surface area (Å²) in [4.78, 5) is 55.5. The van der Waals surface area contributed by atoms with Crippen molar-refractivity contribution in [1.29, 1.82) is 0 Å². The first kappa shape index (κ1) is 36.5. The Kier molecular flexibility index (Phi) is 9.97. The van der Waals surface area contributed by atoms with Crippen molar-refractivity contribution >= 4 is 61.2 Å². The van der Waals surface area contributed by atoms with Gasteiger partial charge in [-0.15, -0.1) is 0 Å². The summed E-state index contributed by atoms with van der Waals surface area (Å²) in [6.07, 6.45) is 10.0. The summed E-state index contributed by atoms with van der Waals surface area (Å²) in [5.41, 5.74) is 8.82. The topological polar surface area (TPSA) is 124 Å². The molecule has 53 heavy (non-hydrogen) atoms. The lowest BCUT2D eigenvalue weighted by Gasteiger charge is -2.19. The summed E-state index contributed by atoms with van der Waals surface area (Å²) >= 11 is 3.25. The van der Waals surface area contributed by atoms with Crippen LogP contribution in [-0.2, 0) is 0 Å². The maximum atomic E-state index is 13.8. The summed E-state index contributed by atoms with van der Waals surface area (Å²) in [5.74, 6) is 0.128. The molecule has 2 N–H and O–H groups in total. The van der Waals surface area contributed by atoms with Crippen LogP contribution in [-0.4, -0.2) is 67.6 Å². The predicted molar refractivity (Wildman–Crippen MR) is 217 cm³/mol. The van der Waals surface area contributed by atoms with Gasteiger partial charge in [0.1, 0.15) is 15.6 Å². The van der Waals surface area contributed by atoms with Crippen LogP contribution in [0.2, 0.25) is 0 Å².